The van der Waals surface area contributed by atoms with Gasteiger partial charge in [0, 0.05) is 10.9 Å². The van der Waals surface area contributed by atoms with Gasteiger partial charge in [-0.05, 0) is 27.7 Å². The number of thiazole rings is 1. The van der Waals surface area contributed by atoms with Gasteiger partial charge in [-0.15, -0.1) is 11.3 Å². The van der Waals surface area contributed by atoms with Crippen molar-refractivity contribution < 1.29 is 14.7 Å². The number of hydrogen-bond acceptors (Lipinski definition) is 5. The summed E-state index contributed by atoms with van der Waals surface area (Å²) in [6.07, 6.45) is 0. The van der Waals surface area contributed by atoms with Gasteiger partial charge in [0.2, 0.25) is 0 Å². The Morgan fingerprint density at radius 1 is 1.53 bits per heavy atom. The van der Waals surface area contributed by atoms with Gasteiger partial charge in [0.1, 0.15) is 17.2 Å². The van der Waals surface area contributed by atoms with Crippen LogP contribution in [0.5, 0.6) is 0 Å². The lowest BCUT2D eigenvalue weighted by molar-refractivity contribution is -0.138. The van der Waals surface area contributed by atoms with Crippen LogP contribution in [-0.4, -0.2) is 39.0 Å². The Morgan fingerprint density at radius 3 is 2.47 bits per heavy atom. The van der Waals surface area contributed by atoms with Gasteiger partial charge in [-0.25, -0.2) is 4.98 Å². The molecule has 0 aliphatic carbocycles. The quantitative estimate of drug-likeness (QED) is 0.873. The number of carboxylic acid groups (broad SMARTS) is 1. The van der Waals surface area contributed by atoms with E-state index in [4.69, 9.17) is 10.8 Å². The van der Waals surface area contributed by atoms with E-state index in [1.54, 1.807) is 33.1 Å². The summed E-state index contributed by atoms with van der Waals surface area (Å²) in [5, 5.41) is 11.2. The molecule has 0 radical (unpaired) electrons. The van der Waals surface area contributed by atoms with Gasteiger partial charge in [-0.1, -0.05) is 0 Å². The topological polar surface area (TPSA) is 96.5 Å². The molecule has 1 atom stereocenters. The van der Waals surface area contributed by atoms with Crippen LogP contribution < -0.4 is 5.73 Å². The van der Waals surface area contributed by atoms with Crippen molar-refractivity contribution in [3.63, 3.8) is 0 Å². The molecule has 0 saturated heterocycles. The van der Waals surface area contributed by atoms with Crippen LogP contribution in [0.4, 0.5) is 0 Å². The molecule has 7 heteroatoms. The Kier molecular flexibility index (Phi) is 4.65. The minimum atomic E-state index is -1.05. The first kappa shape index (κ1) is 15.6. The first-order valence-corrected chi connectivity index (χ1v) is 6.75. The number of aliphatic carboxylic acids is 1. The first-order chi connectivity index (χ1) is 8.62. The summed E-state index contributed by atoms with van der Waals surface area (Å²) >= 11 is 1.30. The number of hydrogen-bond donors (Lipinski definition) is 2. The van der Waals surface area contributed by atoms with Gasteiger partial charge >= 0.3 is 5.97 Å². The molecule has 0 aromatic carbocycles. The molecule has 0 bridgehead atoms. The van der Waals surface area contributed by atoms with Crippen molar-refractivity contribution in [2.75, 3.05) is 6.54 Å². The van der Waals surface area contributed by atoms with E-state index in [-0.39, 0.29) is 18.3 Å². The van der Waals surface area contributed by atoms with Crippen molar-refractivity contribution >= 4 is 23.2 Å². The summed E-state index contributed by atoms with van der Waals surface area (Å²) in [5.41, 5.74) is 5.35. The van der Waals surface area contributed by atoms with Gasteiger partial charge < -0.3 is 15.7 Å². The van der Waals surface area contributed by atoms with Gasteiger partial charge in [-0.3, -0.25) is 9.59 Å². The molecule has 106 valence electrons. The monoisotopic (exact) mass is 285 g/mol. The second kappa shape index (κ2) is 5.66. The summed E-state index contributed by atoms with van der Waals surface area (Å²) < 4.78 is 0. The fraction of sp³-hybridized carbons (Fsp3) is 0.583. The van der Waals surface area contributed by atoms with Crippen LogP contribution >= 0.6 is 11.3 Å². The van der Waals surface area contributed by atoms with Gasteiger partial charge in [-0.2, -0.15) is 0 Å². The molecule has 1 heterocycles. The van der Waals surface area contributed by atoms with Crippen LogP contribution in [0.15, 0.2) is 5.38 Å². The van der Waals surface area contributed by atoms with E-state index in [9.17, 15) is 9.59 Å². The highest BCUT2D eigenvalue weighted by molar-refractivity contribution is 7.09. The summed E-state index contributed by atoms with van der Waals surface area (Å²) in [6.45, 7) is 6.78. The van der Waals surface area contributed by atoms with E-state index in [0.717, 1.165) is 0 Å². The Labute approximate surface area is 116 Å². The molecule has 1 aromatic heterocycles. The zero-order valence-electron chi connectivity index (χ0n) is 11.5. The lowest BCUT2D eigenvalue weighted by Crippen LogP contribution is -2.48. The normalized spacial score (nSPS) is 13.1. The van der Waals surface area contributed by atoms with Crippen LogP contribution in [-0.2, 0) is 4.79 Å². The van der Waals surface area contributed by atoms with Crippen molar-refractivity contribution in [3.8, 4) is 0 Å². The van der Waals surface area contributed by atoms with E-state index in [2.05, 4.69) is 4.98 Å². The van der Waals surface area contributed by atoms with Crippen LogP contribution in [0, 0.1) is 0 Å². The number of carboxylic acids is 1. The summed E-state index contributed by atoms with van der Waals surface area (Å²) in [5.74, 6) is -1.44. The first-order valence-electron chi connectivity index (χ1n) is 5.87. The molecule has 3 N–H and O–H groups in total. The van der Waals surface area contributed by atoms with Gasteiger partial charge in [0.05, 0.1) is 6.04 Å². The predicted octanol–water partition coefficient (Wildman–Crippen LogP) is 1.49. The average Bonchev–Trinajstić information content (AvgIpc) is 2.72. The van der Waals surface area contributed by atoms with E-state index < -0.39 is 17.4 Å². The molecule has 1 amide bonds. The van der Waals surface area contributed by atoms with Crippen molar-refractivity contribution in [1.82, 2.24) is 9.88 Å². The number of amides is 1. The molecular formula is C12H19N3O3S. The highest BCUT2D eigenvalue weighted by atomic mass is 32.1. The molecule has 6 nitrogen and oxygen atoms in total. The van der Waals surface area contributed by atoms with E-state index in [1.807, 2.05) is 0 Å². The van der Waals surface area contributed by atoms with Crippen molar-refractivity contribution in [3.05, 3.63) is 16.1 Å². The second-order valence-corrected chi connectivity index (χ2v) is 6.21. The summed E-state index contributed by atoms with van der Waals surface area (Å²) in [7, 11) is 0. The molecular weight excluding hydrogens is 266 g/mol. The third-order valence-corrected chi connectivity index (χ3v) is 3.52. The Morgan fingerprint density at radius 2 is 2.11 bits per heavy atom. The minimum absolute atomic E-state index is 0.242. The Hall–Kier alpha value is -1.47. The zero-order chi connectivity index (χ0) is 14.8. The third-order valence-electron chi connectivity index (χ3n) is 2.48. The highest BCUT2D eigenvalue weighted by Crippen LogP contribution is 2.21. The summed E-state index contributed by atoms with van der Waals surface area (Å²) in [4.78, 5) is 28.7. The molecule has 19 heavy (non-hydrogen) atoms. The average molecular weight is 285 g/mol. The van der Waals surface area contributed by atoms with Gasteiger partial charge in [0.25, 0.3) is 5.91 Å². The van der Waals surface area contributed by atoms with Crippen LogP contribution in [0.25, 0.3) is 0 Å². The Balaban J connectivity index is 3.01. The standard InChI is InChI=1S/C12H19N3O3S/c1-7(13)10-14-8(6-19-10)11(18)15(5-9(16)17)12(2,3)4/h6-7H,5,13H2,1-4H3,(H,16,17). The lowest BCUT2D eigenvalue weighted by atomic mass is 10.1. The van der Waals surface area contributed by atoms with Crippen LogP contribution in [0.2, 0.25) is 0 Å². The number of carbonyl (C=O) groups is 2. The number of carbonyl (C=O) groups excluding carboxylic acids is 1. The Bertz CT molecular complexity index is 477. The molecule has 0 saturated carbocycles. The maximum atomic E-state index is 12.3. The van der Waals surface area contributed by atoms with Crippen molar-refractivity contribution in [2.45, 2.75) is 39.3 Å². The minimum Gasteiger partial charge on any atom is -0.480 e. The zero-order valence-corrected chi connectivity index (χ0v) is 12.3. The van der Waals surface area contributed by atoms with E-state index in [1.165, 1.54) is 16.2 Å². The second-order valence-electron chi connectivity index (χ2n) is 5.32. The van der Waals surface area contributed by atoms with E-state index >= 15 is 0 Å². The smallest absolute Gasteiger partial charge is 0.323 e. The lowest BCUT2D eigenvalue weighted by Gasteiger charge is -2.33. The molecule has 1 unspecified atom stereocenters. The van der Waals surface area contributed by atoms with Crippen LogP contribution in [0.3, 0.4) is 0 Å². The van der Waals surface area contributed by atoms with Crippen molar-refractivity contribution in [1.29, 1.82) is 0 Å². The van der Waals surface area contributed by atoms with Gasteiger partial charge in [0.15, 0.2) is 0 Å². The molecule has 0 aliphatic heterocycles. The largest absolute Gasteiger partial charge is 0.480 e. The van der Waals surface area contributed by atoms with Crippen molar-refractivity contribution in [2.24, 2.45) is 5.73 Å². The molecule has 0 aliphatic rings. The number of rotatable bonds is 4. The molecule has 1 aromatic rings. The van der Waals surface area contributed by atoms with Crippen LogP contribution in [0.1, 0.15) is 49.2 Å². The number of aromatic nitrogens is 1. The maximum Gasteiger partial charge on any atom is 0.323 e. The predicted molar refractivity (Wildman–Crippen MR) is 73.1 cm³/mol. The SMILES string of the molecule is CC(N)c1nc(C(=O)N(CC(=O)O)C(C)(C)C)cs1. The summed E-state index contributed by atoms with van der Waals surface area (Å²) in [6, 6.07) is -0.242. The molecule has 0 fully saturated rings. The third kappa shape index (κ3) is 4.00. The number of nitrogens with zero attached hydrogens (tertiary/aromatic N) is 2. The molecule has 1 rings (SSSR count). The van der Waals surface area contributed by atoms with E-state index in [0.29, 0.717) is 5.01 Å². The highest BCUT2D eigenvalue weighted by Gasteiger charge is 2.30. The fourth-order valence-corrected chi connectivity index (χ4v) is 2.23. The number of nitrogens with two attached hydrogens (primary N) is 1. The maximum absolute atomic E-state index is 12.3. The molecule has 0 spiro atoms. The fourth-order valence-electron chi connectivity index (χ4n) is 1.48.